The summed E-state index contributed by atoms with van der Waals surface area (Å²) in [6, 6.07) is 4.19. The Morgan fingerprint density at radius 1 is 1.37 bits per heavy atom. The maximum atomic E-state index is 12.0. The maximum Gasteiger partial charge on any atom is 0.220 e. The largest absolute Gasteiger partial charge is 0.351 e. The van der Waals surface area contributed by atoms with E-state index in [0.717, 1.165) is 18.3 Å². The number of nitrogens with one attached hydrogen (secondary N) is 1. The van der Waals surface area contributed by atoms with Gasteiger partial charge < -0.3 is 9.88 Å². The normalized spacial score (nSPS) is 28.8. The third-order valence-corrected chi connectivity index (χ3v) is 5.28. The van der Waals surface area contributed by atoms with Crippen LogP contribution >= 0.6 is 0 Å². The van der Waals surface area contributed by atoms with Crippen LogP contribution in [0.15, 0.2) is 12.1 Å². The molecule has 0 aliphatic heterocycles. The first-order valence-corrected chi connectivity index (χ1v) is 7.51. The minimum Gasteiger partial charge on any atom is -0.351 e. The molecule has 1 amide bonds. The molecule has 3 heteroatoms. The molecule has 1 N–H and O–H groups in total. The van der Waals surface area contributed by atoms with Crippen molar-refractivity contribution in [1.29, 1.82) is 0 Å². The smallest absolute Gasteiger partial charge is 0.220 e. The monoisotopic (exact) mass is 260 g/mol. The molecule has 1 aromatic heterocycles. The lowest BCUT2D eigenvalue weighted by atomic mass is 9.86. The van der Waals surface area contributed by atoms with Crippen LogP contribution in [0.1, 0.15) is 43.5 Å². The average Bonchev–Trinajstić information content (AvgIpc) is 3.06. The van der Waals surface area contributed by atoms with Crippen LogP contribution in [-0.2, 0) is 18.4 Å². The van der Waals surface area contributed by atoms with E-state index in [-0.39, 0.29) is 5.91 Å². The number of hydrogen-bond acceptors (Lipinski definition) is 1. The van der Waals surface area contributed by atoms with Crippen molar-refractivity contribution in [1.82, 2.24) is 9.88 Å². The first-order chi connectivity index (χ1) is 9.13. The molecule has 0 saturated heterocycles. The molecule has 2 aliphatic rings. The Balaban J connectivity index is 1.48. The third-order valence-electron chi connectivity index (χ3n) is 5.28. The molecule has 19 heavy (non-hydrogen) atoms. The van der Waals surface area contributed by atoms with Crippen LogP contribution in [0.2, 0.25) is 0 Å². The minimum atomic E-state index is 0.233. The molecule has 2 saturated carbocycles. The lowest BCUT2D eigenvalue weighted by Crippen LogP contribution is -2.27. The van der Waals surface area contributed by atoms with Crippen LogP contribution in [0.4, 0.5) is 0 Å². The highest BCUT2D eigenvalue weighted by Gasteiger charge is 2.39. The van der Waals surface area contributed by atoms with Crippen molar-refractivity contribution in [2.75, 3.05) is 0 Å². The standard InChI is InChI=1S/C16H24N2O/c1-11-3-6-15(18(11)2)10-17-16(19)9-14-8-12-4-5-13(14)7-12/h3,6,12-14H,4-5,7-10H2,1-2H3,(H,17,19)/t12-,13-,14-/m0/s1. The predicted molar refractivity (Wildman–Crippen MR) is 75.6 cm³/mol. The molecule has 3 rings (SSSR count). The van der Waals surface area contributed by atoms with E-state index in [4.69, 9.17) is 0 Å². The van der Waals surface area contributed by atoms with Gasteiger partial charge in [0.2, 0.25) is 5.91 Å². The van der Waals surface area contributed by atoms with Gasteiger partial charge in [-0.3, -0.25) is 4.79 Å². The SMILES string of the molecule is Cc1ccc(CNC(=O)C[C@@H]2C[C@H]3CC[C@H]2C3)n1C. The topological polar surface area (TPSA) is 34.0 Å². The molecule has 2 aliphatic carbocycles. The highest BCUT2D eigenvalue weighted by molar-refractivity contribution is 5.76. The van der Waals surface area contributed by atoms with Crippen LogP contribution in [0.3, 0.4) is 0 Å². The number of carbonyl (C=O) groups is 1. The highest BCUT2D eigenvalue weighted by Crippen LogP contribution is 2.49. The lowest BCUT2D eigenvalue weighted by Gasteiger charge is -2.20. The van der Waals surface area contributed by atoms with Crippen molar-refractivity contribution in [3.8, 4) is 0 Å². The summed E-state index contributed by atoms with van der Waals surface area (Å²) in [6.45, 7) is 2.74. The summed E-state index contributed by atoms with van der Waals surface area (Å²) in [5, 5.41) is 3.08. The molecule has 3 atom stereocenters. The second kappa shape index (κ2) is 5.03. The molecule has 104 valence electrons. The fraction of sp³-hybridized carbons (Fsp3) is 0.688. The van der Waals surface area contributed by atoms with Gasteiger partial charge in [0, 0.05) is 24.9 Å². The Morgan fingerprint density at radius 2 is 2.21 bits per heavy atom. The number of fused-ring (bicyclic) bond motifs is 2. The molecule has 1 aromatic rings. The van der Waals surface area contributed by atoms with Gasteiger partial charge in [0.05, 0.1) is 6.54 Å². The molecular weight excluding hydrogens is 236 g/mol. The van der Waals surface area contributed by atoms with Gasteiger partial charge in [0.1, 0.15) is 0 Å². The first kappa shape index (κ1) is 12.8. The summed E-state index contributed by atoms with van der Waals surface area (Å²) >= 11 is 0. The number of amides is 1. The van der Waals surface area contributed by atoms with Crippen LogP contribution in [0, 0.1) is 24.7 Å². The van der Waals surface area contributed by atoms with Crippen molar-refractivity contribution in [3.05, 3.63) is 23.5 Å². The highest BCUT2D eigenvalue weighted by atomic mass is 16.1. The number of aryl methyl sites for hydroxylation is 1. The number of hydrogen-bond donors (Lipinski definition) is 1. The Bertz CT molecular complexity index is 477. The average molecular weight is 260 g/mol. The van der Waals surface area contributed by atoms with Crippen LogP contribution in [0.25, 0.3) is 0 Å². The van der Waals surface area contributed by atoms with E-state index in [1.165, 1.54) is 37.1 Å². The van der Waals surface area contributed by atoms with Gasteiger partial charge in [-0.15, -0.1) is 0 Å². The molecule has 0 radical (unpaired) electrons. The zero-order valence-corrected chi connectivity index (χ0v) is 12.0. The molecule has 3 nitrogen and oxygen atoms in total. The number of aromatic nitrogens is 1. The Labute approximate surface area is 115 Å². The van der Waals surface area contributed by atoms with Crippen molar-refractivity contribution in [2.45, 2.75) is 45.6 Å². The number of nitrogens with zero attached hydrogens (tertiary/aromatic N) is 1. The van der Waals surface area contributed by atoms with E-state index in [2.05, 4.69) is 28.9 Å². The Morgan fingerprint density at radius 3 is 2.79 bits per heavy atom. The predicted octanol–water partition coefficient (Wildman–Crippen LogP) is 2.78. The zero-order chi connectivity index (χ0) is 13.4. The molecule has 1 heterocycles. The third kappa shape index (κ3) is 2.56. The first-order valence-electron chi connectivity index (χ1n) is 7.51. The lowest BCUT2D eigenvalue weighted by molar-refractivity contribution is -0.122. The molecule has 2 bridgehead atoms. The summed E-state index contributed by atoms with van der Waals surface area (Å²) in [5.41, 5.74) is 2.41. The summed E-state index contributed by atoms with van der Waals surface area (Å²) in [5.74, 6) is 2.66. The van der Waals surface area contributed by atoms with E-state index < -0.39 is 0 Å². The van der Waals surface area contributed by atoms with E-state index >= 15 is 0 Å². The van der Waals surface area contributed by atoms with Gasteiger partial charge in [0.15, 0.2) is 0 Å². The van der Waals surface area contributed by atoms with Crippen molar-refractivity contribution < 1.29 is 4.79 Å². The van der Waals surface area contributed by atoms with E-state index in [1.54, 1.807) is 0 Å². The second-order valence-electron chi connectivity index (χ2n) is 6.44. The summed E-state index contributed by atoms with van der Waals surface area (Å²) in [4.78, 5) is 12.0. The van der Waals surface area contributed by atoms with Crippen LogP contribution in [0.5, 0.6) is 0 Å². The van der Waals surface area contributed by atoms with Gasteiger partial charge in [-0.1, -0.05) is 6.42 Å². The quantitative estimate of drug-likeness (QED) is 0.887. The molecule has 0 unspecified atom stereocenters. The summed E-state index contributed by atoms with van der Waals surface area (Å²) in [6.07, 6.45) is 6.19. The molecule has 2 fully saturated rings. The number of carbonyl (C=O) groups excluding carboxylic acids is 1. The van der Waals surface area contributed by atoms with E-state index in [0.29, 0.717) is 12.5 Å². The van der Waals surface area contributed by atoms with Gasteiger partial charge in [-0.05, 0) is 56.1 Å². The van der Waals surface area contributed by atoms with E-state index in [9.17, 15) is 4.79 Å². The Hall–Kier alpha value is -1.25. The fourth-order valence-electron chi connectivity index (χ4n) is 3.97. The Kier molecular flexibility index (Phi) is 3.38. The molecule has 0 spiro atoms. The van der Waals surface area contributed by atoms with Crippen molar-refractivity contribution >= 4 is 5.91 Å². The second-order valence-corrected chi connectivity index (χ2v) is 6.44. The maximum absolute atomic E-state index is 12.0. The van der Waals surface area contributed by atoms with Crippen LogP contribution in [-0.4, -0.2) is 10.5 Å². The zero-order valence-electron chi connectivity index (χ0n) is 12.0. The summed E-state index contributed by atoms with van der Waals surface area (Å²) in [7, 11) is 2.05. The van der Waals surface area contributed by atoms with E-state index in [1.807, 2.05) is 7.05 Å². The minimum absolute atomic E-state index is 0.233. The summed E-state index contributed by atoms with van der Waals surface area (Å²) < 4.78 is 2.14. The van der Waals surface area contributed by atoms with Gasteiger partial charge in [-0.25, -0.2) is 0 Å². The molecular formula is C16H24N2O. The fourth-order valence-corrected chi connectivity index (χ4v) is 3.97. The van der Waals surface area contributed by atoms with Crippen LogP contribution < -0.4 is 5.32 Å². The van der Waals surface area contributed by atoms with Crippen molar-refractivity contribution in [2.24, 2.45) is 24.8 Å². The van der Waals surface area contributed by atoms with Gasteiger partial charge in [-0.2, -0.15) is 0 Å². The number of rotatable bonds is 4. The molecule has 0 aromatic carbocycles. The van der Waals surface area contributed by atoms with Gasteiger partial charge in [0.25, 0.3) is 0 Å². The van der Waals surface area contributed by atoms with Gasteiger partial charge >= 0.3 is 0 Å². The van der Waals surface area contributed by atoms with Crippen molar-refractivity contribution in [3.63, 3.8) is 0 Å².